The lowest BCUT2D eigenvalue weighted by Gasteiger charge is -2.28. The zero-order valence-electron chi connectivity index (χ0n) is 18.0. The fraction of sp³-hybridized carbons (Fsp3) is 0.364. The number of nitrogens with zero attached hydrogens (tertiary/aromatic N) is 4. The van der Waals surface area contributed by atoms with Gasteiger partial charge in [-0.2, -0.15) is 5.10 Å². The van der Waals surface area contributed by atoms with Crippen LogP contribution in [0.15, 0.2) is 30.6 Å². The van der Waals surface area contributed by atoms with Crippen LogP contribution < -0.4 is 20.5 Å². The number of nitrogens with two attached hydrogens (primary N) is 1. The number of H-pyrrole nitrogens is 1. The lowest BCUT2D eigenvalue weighted by molar-refractivity contribution is 0.189. The number of aromatic nitrogens is 5. The highest BCUT2D eigenvalue weighted by Crippen LogP contribution is 2.31. The maximum Gasteiger partial charge on any atom is 0.413 e. The Morgan fingerprint density at radius 2 is 2.16 bits per heavy atom. The lowest BCUT2D eigenvalue weighted by atomic mass is 9.91. The highest BCUT2D eigenvalue weighted by molar-refractivity contribution is 5.94. The summed E-state index contributed by atoms with van der Waals surface area (Å²) in [5.74, 6) is 1.03. The molecule has 10 nitrogen and oxygen atoms in total. The zero-order chi connectivity index (χ0) is 22.2. The number of ether oxygens (including phenoxy) is 2. The fourth-order valence-corrected chi connectivity index (χ4v) is 4.24. The number of nitrogens with one attached hydrogen (secondary N) is 2. The van der Waals surface area contributed by atoms with Crippen molar-refractivity contribution in [3.63, 3.8) is 0 Å². The molecular weight excluding hydrogens is 410 g/mol. The van der Waals surface area contributed by atoms with Crippen LogP contribution in [0.4, 0.5) is 4.79 Å². The van der Waals surface area contributed by atoms with Crippen LogP contribution in [-0.2, 0) is 7.05 Å². The van der Waals surface area contributed by atoms with Gasteiger partial charge in [0.15, 0.2) is 16.9 Å². The molecule has 0 unspecified atom stereocenters. The van der Waals surface area contributed by atoms with Gasteiger partial charge in [-0.15, -0.1) is 0 Å². The number of aryl methyl sites for hydroxylation is 1. The minimum absolute atomic E-state index is 0.0555. The van der Waals surface area contributed by atoms with E-state index in [0.29, 0.717) is 28.3 Å². The van der Waals surface area contributed by atoms with Crippen molar-refractivity contribution < 1.29 is 14.3 Å². The number of rotatable bonds is 4. The van der Waals surface area contributed by atoms with Crippen molar-refractivity contribution in [2.45, 2.75) is 37.8 Å². The van der Waals surface area contributed by atoms with Gasteiger partial charge in [-0.3, -0.25) is 4.68 Å². The van der Waals surface area contributed by atoms with Crippen LogP contribution in [-0.4, -0.2) is 50.0 Å². The lowest BCUT2D eigenvalue weighted by Crippen LogP contribution is -2.50. The van der Waals surface area contributed by atoms with Crippen LogP contribution in [0.1, 0.15) is 25.7 Å². The Labute approximate surface area is 184 Å². The molecule has 1 fully saturated rings. The highest BCUT2D eigenvalue weighted by Gasteiger charge is 2.25. The van der Waals surface area contributed by atoms with Crippen molar-refractivity contribution in [3.8, 4) is 22.9 Å². The maximum absolute atomic E-state index is 12.5. The predicted octanol–water partition coefficient (Wildman–Crippen LogP) is 2.88. The van der Waals surface area contributed by atoms with E-state index in [1.807, 2.05) is 25.2 Å². The van der Waals surface area contributed by atoms with Gasteiger partial charge in [-0.1, -0.05) is 12.8 Å². The molecular formula is C22H25N7O3. The Morgan fingerprint density at radius 1 is 1.31 bits per heavy atom. The van der Waals surface area contributed by atoms with Gasteiger partial charge in [-0.25, -0.2) is 14.8 Å². The summed E-state index contributed by atoms with van der Waals surface area (Å²) in [6, 6.07) is 5.61. The number of carbonyl (C=O) groups excluding carboxylic acids is 1. The molecule has 32 heavy (non-hydrogen) atoms. The second kappa shape index (κ2) is 8.12. The summed E-state index contributed by atoms with van der Waals surface area (Å²) in [5, 5.41) is 8.39. The standard InChI is InChI=1S/C22H25N7O3/c1-29-17-8-7-12(31-2)9-13(17)19(28-29)16-10-24-21-20(26-16)18(11-25-21)32-22(30)27-15-6-4-3-5-14(15)23/h7-11,14-15H,3-6,23H2,1-2H3,(H,24,25)(H,27,30)/t14-,15+/m0/s1. The first-order valence-electron chi connectivity index (χ1n) is 10.6. The molecule has 0 aliphatic heterocycles. The molecule has 0 spiro atoms. The monoisotopic (exact) mass is 435 g/mol. The van der Waals surface area contributed by atoms with Gasteiger partial charge in [0.2, 0.25) is 0 Å². The molecule has 166 valence electrons. The van der Waals surface area contributed by atoms with Crippen molar-refractivity contribution in [3.05, 3.63) is 30.6 Å². The number of hydrogen-bond acceptors (Lipinski definition) is 7. The van der Waals surface area contributed by atoms with Gasteiger partial charge in [0.1, 0.15) is 17.1 Å². The molecule has 4 N–H and O–H groups in total. The molecule has 3 heterocycles. The van der Waals surface area contributed by atoms with E-state index >= 15 is 0 Å². The van der Waals surface area contributed by atoms with Gasteiger partial charge in [0.25, 0.3) is 0 Å². The summed E-state index contributed by atoms with van der Waals surface area (Å²) in [7, 11) is 3.49. The Kier molecular flexibility index (Phi) is 5.14. The minimum atomic E-state index is -0.548. The van der Waals surface area contributed by atoms with Gasteiger partial charge in [0, 0.05) is 30.7 Å². The smallest absolute Gasteiger partial charge is 0.413 e. The second-order valence-corrected chi connectivity index (χ2v) is 8.05. The van der Waals surface area contributed by atoms with Crippen LogP contribution >= 0.6 is 0 Å². The average molecular weight is 435 g/mol. The van der Waals surface area contributed by atoms with E-state index in [9.17, 15) is 4.79 Å². The van der Waals surface area contributed by atoms with E-state index in [-0.39, 0.29) is 12.1 Å². The summed E-state index contributed by atoms with van der Waals surface area (Å²) in [6.45, 7) is 0. The first-order chi connectivity index (χ1) is 15.5. The summed E-state index contributed by atoms with van der Waals surface area (Å²) < 4.78 is 12.7. The molecule has 1 aliphatic carbocycles. The van der Waals surface area contributed by atoms with Gasteiger partial charge >= 0.3 is 6.09 Å². The largest absolute Gasteiger partial charge is 0.497 e. The number of hydrogen-bond donors (Lipinski definition) is 3. The molecule has 2 atom stereocenters. The van der Waals surface area contributed by atoms with Crippen LogP contribution in [0.3, 0.4) is 0 Å². The number of benzene rings is 1. The first kappa shape index (κ1) is 20.3. The molecule has 0 radical (unpaired) electrons. The molecule has 1 aromatic carbocycles. The third-order valence-corrected chi connectivity index (χ3v) is 5.97. The van der Waals surface area contributed by atoms with Crippen molar-refractivity contribution in [2.75, 3.05) is 7.11 Å². The zero-order valence-corrected chi connectivity index (χ0v) is 18.0. The van der Waals surface area contributed by atoms with E-state index < -0.39 is 6.09 Å². The van der Waals surface area contributed by atoms with E-state index in [4.69, 9.17) is 20.2 Å². The van der Waals surface area contributed by atoms with Crippen molar-refractivity contribution in [1.29, 1.82) is 0 Å². The summed E-state index contributed by atoms with van der Waals surface area (Å²) in [4.78, 5) is 24.6. The molecule has 1 aliphatic rings. The van der Waals surface area contributed by atoms with Crippen LogP contribution in [0, 0.1) is 0 Å². The molecule has 1 saturated carbocycles. The van der Waals surface area contributed by atoms with Crippen molar-refractivity contribution in [1.82, 2.24) is 30.0 Å². The first-order valence-corrected chi connectivity index (χ1v) is 10.6. The second-order valence-electron chi connectivity index (χ2n) is 8.05. The average Bonchev–Trinajstić information content (AvgIpc) is 3.35. The number of methoxy groups -OCH3 is 1. The third-order valence-electron chi connectivity index (χ3n) is 5.97. The highest BCUT2D eigenvalue weighted by atomic mass is 16.6. The summed E-state index contributed by atoms with van der Waals surface area (Å²) in [5.41, 5.74) is 9.27. The quantitative estimate of drug-likeness (QED) is 0.449. The Balaban J connectivity index is 1.46. The van der Waals surface area contributed by atoms with Crippen LogP contribution in [0.2, 0.25) is 0 Å². The van der Waals surface area contributed by atoms with E-state index in [1.165, 1.54) is 0 Å². The van der Waals surface area contributed by atoms with Gasteiger partial charge in [-0.05, 0) is 31.0 Å². The predicted molar refractivity (Wildman–Crippen MR) is 120 cm³/mol. The third kappa shape index (κ3) is 3.62. The van der Waals surface area contributed by atoms with E-state index in [1.54, 1.807) is 24.2 Å². The molecule has 4 aromatic rings. The molecule has 1 amide bonds. The fourth-order valence-electron chi connectivity index (χ4n) is 4.24. The summed E-state index contributed by atoms with van der Waals surface area (Å²) >= 11 is 0. The number of aromatic amines is 1. The Hall–Kier alpha value is -3.66. The van der Waals surface area contributed by atoms with Gasteiger partial charge in [0.05, 0.1) is 18.8 Å². The minimum Gasteiger partial charge on any atom is -0.497 e. The van der Waals surface area contributed by atoms with E-state index in [2.05, 4.69) is 20.4 Å². The van der Waals surface area contributed by atoms with Crippen LogP contribution in [0.25, 0.3) is 33.5 Å². The number of fused-ring (bicyclic) bond motifs is 2. The molecule has 10 heteroatoms. The molecule has 3 aromatic heterocycles. The maximum atomic E-state index is 12.5. The van der Waals surface area contributed by atoms with Crippen molar-refractivity contribution in [2.24, 2.45) is 12.8 Å². The van der Waals surface area contributed by atoms with E-state index in [0.717, 1.165) is 42.3 Å². The molecule has 5 rings (SSSR count). The Bertz CT molecular complexity index is 1300. The van der Waals surface area contributed by atoms with Crippen molar-refractivity contribution >= 4 is 28.2 Å². The normalized spacial score (nSPS) is 18.7. The molecule has 0 bridgehead atoms. The SMILES string of the molecule is COc1ccc2c(c1)c(-c1cnc3[nH]cc(OC(=O)N[C@@H]4CCCC[C@@H]4N)c3n1)nn2C. The molecule has 0 saturated heterocycles. The van der Waals surface area contributed by atoms with Crippen LogP contribution in [0.5, 0.6) is 11.5 Å². The topological polar surface area (TPSA) is 133 Å². The number of amides is 1. The Morgan fingerprint density at radius 3 is 2.97 bits per heavy atom. The number of carbonyl (C=O) groups is 1. The van der Waals surface area contributed by atoms with Gasteiger partial charge < -0.3 is 25.5 Å². The summed E-state index contributed by atoms with van der Waals surface area (Å²) in [6.07, 6.45) is 6.56.